The van der Waals surface area contributed by atoms with Gasteiger partial charge in [0.05, 0.1) is 13.2 Å². The van der Waals surface area contributed by atoms with Crippen molar-refractivity contribution in [1.29, 1.82) is 0 Å². The van der Waals surface area contributed by atoms with E-state index in [-0.39, 0.29) is 17.0 Å². The molecule has 1 amide bonds. The average molecular weight is 376 g/mol. The van der Waals surface area contributed by atoms with Crippen molar-refractivity contribution in [1.82, 2.24) is 19.9 Å². The Morgan fingerprint density at radius 3 is 3.07 bits per heavy atom. The quantitative estimate of drug-likeness (QED) is 0.718. The summed E-state index contributed by atoms with van der Waals surface area (Å²) in [5.74, 6) is -0.231. The van der Waals surface area contributed by atoms with Crippen molar-refractivity contribution in [3.63, 3.8) is 0 Å². The first kappa shape index (κ1) is 16.9. The monoisotopic (exact) mass is 376 g/mol. The number of H-pyrrole nitrogens is 2. The normalized spacial score (nSPS) is 16.7. The Kier molecular flexibility index (Phi) is 4.09. The van der Waals surface area contributed by atoms with E-state index < -0.39 is 0 Å². The first-order valence-electron chi connectivity index (χ1n) is 9.44. The number of hydrogen-bond acceptors (Lipinski definition) is 4. The van der Waals surface area contributed by atoms with E-state index in [0.717, 1.165) is 34.3 Å². The summed E-state index contributed by atoms with van der Waals surface area (Å²) >= 11 is 0. The molecule has 3 aromatic rings. The van der Waals surface area contributed by atoms with Crippen molar-refractivity contribution in [3.05, 3.63) is 69.4 Å². The molecule has 28 heavy (non-hydrogen) atoms. The number of ether oxygens (including phenoxy) is 1. The number of rotatable bonds is 2. The maximum Gasteiger partial charge on any atom is 0.261 e. The van der Waals surface area contributed by atoms with Gasteiger partial charge in [-0.15, -0.1) is 0 Å². The molecule has 5 rings (SSSR count). The standard InChI is InChI=1S/C21H20N4O3/c26-20-16(10-14-12-28-9-5-18(14)24-20)21(27)25-7-3-13(4-8-25)17-11-23-19-15(17)2-1-6-22-19/h1-3,6,10-11H,4-5,7-9,12H2,(H,22,23)(H,24,26). The third kappa shape index (κ3) is 2.84. The SMILES string of the molecule is O=C(c1cc2c([nH]c1=O)CCOC2)N1CC=C(c2c[nH]c3ncccc23)CC1. The number of hydrogen-bond donors (Lipinski definition) is 2. The van der Waals surface area contributed by atoms with Gasteiger partial charge >= 0.3 is 0 Å². The van der Waals surface area contributed by atoms with Gasteiger partial charge in [0.15, 0.2) is 0 Å². The number of aromatic nitrogens is 3. The molecule has 0 saturated heterocycles. The van der Waals surface area contributed by atoms with E-state index in [4.69, 9.17) is 4.74 Å². The molecule has 0 spiro atoms. The minimum atomic E-state index is -0.317. The second kappa shape index (κ2) is 6.76. The second-order valence-corrected chi connectivity index (χ2v) is 7.15. The van der Waals surface area contributed by atoms with Gasteiger partial charge < -0.3 is 19.6 Å². The van der Waals surface area contributed by atoms with Crippen LogP contribution in [0.2, 0.25) is 0 Å². The first-order chi connectivity index (χ1) is 13.7. The zero-order chi connectivity index (χ0) is 19.1. The predicted octanol–water partition coefficient (Wildman–Crippen LogP) is 2.25. The molecule has 0 saturated carbocycles. The van der Waals surface area contributed by atoms with Gasteiger partial charge in [-0.3, -0.25) is 9.59 Å². The van der Waals surface area contributed by atoms with Gasteiger partial charge in [-0.1, -0.05) is 6.08 Å². The van der Waals surface area contributed by atoms with E-state index in [1.807, 2.05) is 18.3 Å². The second-order valence-electron chi connectivity index (χ2n) is 7.15. The Morgan fingerprint density at radius 2 is 2.21 bits per heavy atom. The van der Waals surface area contributed by atoms with Gasteiger partial charge in [-0.05, 0) is 35.8 Å². The Balaban J connectivity index is 1.39. The molecule has 3 aromatic heterocycles. The lowest BCUT2D eigenvalue weighted by molar-refractivity contribution is 0.0769. The summed E-state index contributed by atoms with van der Waals surface area (Å²) in [6.45, 7) is 2.09. The van der Waals surface area contributed by atoms with Gasteiger partial charge in [-0.25, -0.2) is 4.98 Å². The van der Waals surface area contributed by atoms with Crippen molar-refractivity contribution in [3.8, 4) is 0 Å². The van der Waals surface area contributed by atoms with Crippen LogP contribution in [0.1, 0.15) is 33.6 Å². The molecular weight excluding hydrogens is 356 g/mol. The Morgan fingerprint density at radius 1 is 1.29 bits per heavy atom. The lowest BCUT2D eigenvalue weighted by Crippen LogP contribution is -2.38. The number of nitrogens with one attached hydrogen (secondary N) is 2. The van der Waals surface area contributed by atoms with Crippen LogP contribution in [-0.2, 0) is 17.8 Å². The zero-order valence-corrected chi connectivity index (χ0v) is 15.3. The maximum absolute atomic E-state index is 12.9. The number of carbonyl (C=O) groups excluding carboxylic acids is 1. The fourth-order valence-corrected chi connectivity index (χ4v) is 3.97. The summed E-state index contributed by atoms with van der Waals surface area (Å²) in [5.41, 5.74) is 4.82. The Hall–Kier alpha value is -3.19. The lowest BCUT2D eigenvalue weighted by atomic mass is 9.99. The summed E-state index contributed by atoms with van der Waals surface area (Å²) < 4.78 is 5.44. The highest BCUT2D eigenvalue weighted by molar-refractivity contribution is 5.95. The van der Waals surface area contributed by atoms with Crippen LogP contribution in [0.5, 0.6) is 0 Å². The van der Waals surface area contributed by atoms with Crippen LogP contribution in [0.4, 0.5) is 0 Å². The maximum atomic E-state index is 12.9. The van der Waals surface area contributed by atoms with E-state index >= 15 is 0 Å². The van der Waals surface area contributed by atoms with Crippen LogP contribution in [0.15, 0.2) is 41.5 Å². The molecule has 0 radical (unpaired) electrons. The minimum absolute atomic E-state index is 0.192. The molecule has 0 bridgehead atoms. The molecule has 0 unspecified atom stereocenters. The van der Waals surface area contributed by atoms with Crippen LogP contribution >= 0.6 is 0 Å². The number of fused-ring (bicyclic) bond motifs is 2. The van der Waals surface area contributed by atoms with Gasteiger partial charge in [-0.2, -0.15) is 0 Å². The predicted molar refractivity (Wildman–Crippen MR) is 105 cm³/mol. The van der Waals surface area contributed by atoms with E-state index in [0.29, 0.717) is 32.7 Å². The molecule has 2 aliphatic rings. The number of carbonyl (C=O) groups is 1. The fraction of sp³-hybridized carbons (Fsp3) is 0.286. The third-order valence-corrected chi connectivity index (χ3v) is 5.49. The van der Waals surface area contributed by atoms with Crippen LogP contribution in [0.25, 0.3) is 16.6 Å². The van der Waals surface area contributed by atoms with Crippen molar-refractivity contribution in [2.24, 2.45) is 0 Å². The lowest BCUT2D eigenvalue weighted by Gasteiger charge is -2.27. The van der Waals surface area contributed by atoms with Gasteiger partial charge in [0.25, 0.3) is 11.5 Å². The molecule has 5 heterocycles. The van der Waals surface area contributed by atoms with Crippen molar-refractivity contribution in [2.75, 3.05) is 19.7 Å². The molecule has 7 heteroatoms. The summed E-state index contributed by atoms with van der Waals surface area (Å²) in [5, 5.41) is 1.08. The van der Waals surface area contributed by atoms with Crippen LogP contribution in [-0.4, -0.2) is 45.5 Å². The molecule has 0 aromatic carbocycles. The summed E-state index contributed by atoms with van der Waals surface area (Å²) in [7, 11) is 0. The Bertz CT molecular complexity index is 1160. The van der Waals surface area contributed by atoms with E-state index in [9.17, 15) is 9.59 Å². The van der Waals surface area contributed by atoms with Crippen molar-refractivity contribution >= 4 is 22.5 Å². The Labute approximate surface area is 161 Å². The van der Waals surface area contributed by atoms with Crippen molar-refractivity contribution in [2.45, 2.75) is 19.4 Å². The van der Waals surface area contributed by atoms with Gasteiger partial charge in [0.2, 0.25) is 0 Å². The number of amides is 1. The van der Waals surface area contributed by atoms with Crippen LogP contribution < -0.4 is 5.56 Å². The highest BCUT2D eigenvalue weighted by atomic mass is 16.5. The largest absolute Gasteiger partial charge is 0.376 e. The highest BCUT2D eigenvalue weighted by Crippen LogP contribution is 2.28. The number of nitrogens with zero attached hydrogens (tertiary/aromatic N) is 2. The molecule has 142 valence electrons. The van der Waals surface area contributed by atoms with E-state index in [1.165, 1.54) is 5.57 Å². The zero-order valence-electron chi connectivity index (χ0n) is 15.3. The van der Waals surface area contributed by atoms with Gasteiger partial charge in [0.1, 0.15) is 11.2 Å². The topological polar surface area (TPSA) is 91.1 Å². The number of pyridine rings is 2. The first-order valence-corrected chi connectivity index (χ1v) is 9.44. The third-order valence-electron chi connectivity index (χ3n) is 5.49. The molecule has 0 aliphatic carbocycles. The smallest absolute Gasteiger partial charge is 0.261 e. The highest BCUT2D eigenvalue weighted by Gasteiger charge is 2.24. The van der Waals surface area contributed by atoms with E-state index in [2.05, 4.69) is 21.0 Å². The summed E-state index contributed by atoms with van der Waals surface area (Å²) in [6.07, 6.45) is 7.20. The summed E-state index contributed by atoms with van der Waals surface area (Å²) in [4.78, 5) is 37.4. The fourth-order valence-electron chi connectivity index (χ4n) is 3.97. The van der Waals surface area contributed by atoms with Crippen LogP contribution in [0, 0.1) is 0 Å². The number of aromatic amines is 2. The minimum Gasteiger partial charge on any atom is -0.376 e. The van der Waals surface area contributed by atoms with E-state index in [1.54, 1.807) is 17.2 Å². The van der Waals surface area contributed by atoms with Crippen molar-refractivity contribution < 1.29 is 9.53 Å². The molecule has 0 atom stereocenters. The molecule has 0 fully saturated rings. The average Bonchev–Trinajstić information content (AvgIpc) is 3.17. The molecule has 2 aliphatic heterocycles. The van der Waals surface area contributed by atoms with Gasteiger partial charge in [0, 0.05) is 48.5 Å². The molecule has 7 nitrogen and oxygen atoms in total. The molecule has 2 N–H and O–H groups in total. The summed E-state index contributed by atoms with van der Waals surface area (Å²) in [6, 6.07) is 5.66. The van der Waals surface area contributed by atoms with Crippen LogP contribution in [0.3, 0.4) is 0 Å². The molecular formula is C21H20N4O3.